The summed E-state index contributed by atoms with van der Waals surface area (Å²) in [5.41, 5.74) is 3.97. The molecule has 0 bridgehead atoms. The quantitative estimate of drug-likeness (QED) is 0.446. The molecule has 0 atom stereocenters. The average Bonchev–Trinajstić information content (AvgIpc) is 2.71. The van der Waals surface area contributed by atoms with E-state index >= 15 is 0 Å². The summed E-state index contributed by atoms with van der Waals surface area (Å²) in [6, 6.07) is 13.7. The lowest BCUT2D eigenvalue weighted by Crippen LogP contribution is -2.30. The average molecular weight is 418 g/mol. The van der Waals surface area contributed by atoms with Crippen LogP contribution in [0.1, 0.15) is 44.7 Å². The van der Waals surface area contributed by atoms with E-state index in [9.17, 15) is 24.9 Å². The summed E-state index contributed by atoms with van der Waals surface area (Å²) >= 11 is 0. The van der Waals surface area contributed by atoms with Gasteiger partial charge in [0.25, 0.3) is 0 Å². The van der Waals surface area contributed by atoms with Crippen LogP contribution in [0.2, 0.25) is 0 Å². The van der Waals surface area contributed by atoms with Crippen LogP contribution in [-0.2, 0) is 4.79 Å². The number of allylic oxidation sites excluding steroid dienone is 2. The molecule has 7 heteroatoms. The van der Waals surface area contributed by atoms with Gasteiger partial charge in [0.2, 0.25) is 0 Å². The van der Waals surface area contributed by atoms with Crippen LogP contribution < -0.4 is 10.9 Å². The standard InChI is InChI=1S/C24H28B2O5/c1-24(2,3)20-14-18(12-16-4-8-21(9-5-16)25(28)29)23(27)19(15-20)13-17-6-10-22(11-7-17)26(30)31/h4-13,20,28-31H,14-15H2,1-3H3. The fourth-order valence-electron chi connectivity index (χ4n) is 3.79. The molecule has 0 unspecified atom stereocenters. The Labute approximate surface area is 184 Å². The molecule has 0 aromatic heterocycles. The van der Waals surface area contributed by atoms with Crippen molar-refractivity contribution < 1.29 is 24.9 Å². The van der Waals surface area contributed by atoms with Gasteiger partial charge in [0, 0.05) is 11.1 Å². The van der Waals surface area contributed by atoms with E-state index in [0.29, 0.717) is 29.7 Å². The highest BCUT2D eigenvalue weighted by Crippen LogP contribution is 2.41. The minimum Gasteiger partial charge on any atom is -0.423 e. The van der Waals surface area contributed by atoms with Gasteiger partial charge in [-0.25, -0.2) is 0 Å². The Morgan fingerprint density at radius 2 is 1.10 bits per heavy atom. The third-order valence-electron chi connectivity index (χ3n) is 5.89. The fourth-order valence-corrected chi connectivity index (χ4v) is 3.79. The van der Waals surface area contributed by atoms with Crippen molar-refractivity contribution in [1.29, 1.82) is 0 Å². The van der Waals surface area contributed by atoms with Crippen molar-refractivity contribution in [2.24, 2.45) is 11.3 Å². The fraction of sp³-hybridized carbons (Fsp3) is 0.292. The summed E-state index contributed by atoms with van der Waals surface area (Å²) in [6.45, 7) is 6.53. The molecule has 0 heterocycles. The predicted molar refractivity (Wildman–Crippen MR) is 126 cm³/mol. The number of carbonyl (C=O) groups is 1. The Kier molecular flexibility index (Phi) is 7.02. The van der Waals surface area contributed by atoms with Crippen LogP contribution in [0.15, 0.2) is 59.7 Å². The molecule has 0 amide bonds. The van der Waals surface area contributed by atoms with E-state index in [1.54, 1.807) is 48.5 Å². The summed E-state index contributed by atoms with van der Waals surface area (Å²) in [5, 5.41) is 37.1. The Morgan fingerprint density at radius 3 is 1.39 bits per heavy atom. The van der Waals surface area contributed by atoms with E-state index in [4.69, 9.17) is 0 Å². The van der Waals surface area contributed by atoms with Gasteiger partial charge in [-0.3, -0.25) is 4.79 Å². The maximum absolute atomic E-state index is 13.3. The number of ketones is 1. The highest BCUT2D eigenvalue weighted by atomic mass is 16.4. The molecule has 3 rings (SSSR count). The number of benzene rings is 2. The van der Waals surface area contributed by atoms with Gasteiger partial charge < -0.3 is 20.1 Å². The summed E-state index contributed by atoms with van der Waals surface area (Å²) in [6.07, 6.45) is 5.12. The van der Waals surface area contributed by atoms with E-state index < -0.39 is 14.2 Å². The largest absolute Gasteiger partial charge is 0.488 e. The third-order valence-corrected chi connectivity index (χ3v) is 5.89. The van der Waals surface area contributed by atoms with Gasteiger partial charge in [0.15, 0.2) is 5.78 Å². The van der Waals surface area contributed by atoms with Crippen molar-refractivity contribution in [1.82, 2.24) is 0 Å². The number of hydrogen-bond acceptors (Lipinski definition) is 5. The van der Waals surface area contributed by atoms with Gasteiger partial charge in [0.1, 0.15) is 0 Å². The summed E-state index contributed by atoms with van der Waals surface area (Å²) in [5.74, 6) is 0.304. The molecule has 2 aromatic carbocycles. The highest BCUT2D eigenvalue weighted by Gasteiger charge is 2.34. The molecule has 0 spiro atoms. The minimum atomic E-state index is -1.52. The number of carbonyl (C=O) groups excluding carboxylic acids is 1. The minimum absolute atomic E-state index is 0.0121. The Balaban J connectivity index is 1.95. The summed E-state index contributed by atoms with van der Waals surface area (Å²) in [7, 11) is -3.03. The van der Waals surface area contributed by atoms with Crippen LogP contribution in [0, 0.1) is 11.3 Å². The van der Waals surface area contributed by atoms with Crippen molar-refractivity contribution in [3.05, 3.63) is 70.8 Å². The molecule has 0 aliphatic heterocycles. The van der Waals surface area contributed by atoms with E-state index in [1.165, 1.54) is 0 Å². The van der Waals surface area contributed by atoms with E-state index in [0.717, 1.165) is 22.3 Å². The van der Waals surface area contributed by atoms with Crippen molar-refractivity contribution in [2.75, 3.05) is 0 Å². The zero-order chi connectivity index (χ0) is 22.8. The van der Waals surface area contributed by atoms with E-state index in [1.807, 2.05) is 12.2 Å². The van der Waals surface area contributed by atoms with Crippen molar-refractivity contribution in [3.63, 3.8) is 0 Å². The summed E-state index contributed by atoms with van der Waals surface area (Å²) < 4.78 is 0. The summed E-state index contributed by atoms with van der Waals surface area (Å²) in [4.78, 5) is 13.3. The zero-order valence-corrected chi connectivity index (χ0v) is 18.1. The Bertz CT molecular complexity index is 911. The molecule has 160 valence electrons. The van der Waals surface area contributed by atoms with E-state index in [2.05, 4.69) is 20.8 Å². The lowest BCUT2D eigenvalue weighted by Gasteiger charge is -2.35. The molecule has 1 aliphatic carbocycles. The first kappa shape index (κ1) is 23.2. The van der Waals surface area contributed by atoms with Gasteiger partial charge in [-0.1, -0.05) is 69.3 Å². The zero-order valence-electron chi connectivity index (χ0n) is 18.1. The monoisotopic (exact) mass is 418 g/mol. The van der Waals surface area contributed by atoms with Gasteiger partial charge in [-0.15, -0.1) is 0 Å². The second-order valence-corrected chi connectivity index (χ2v) is 9.22. The molecular weight excluding hydrogens is 390 g/mol. The molecular formula is C24H28B2O5. The van der Waals surface area contributed by atoms with Gasteiger partial charge in [-0.2, -0.15) is 0 Å². The first-order chi connectivity index (χ1) is 14.5. The van der Waals surface area contributed by atoms with Crippen LogP contribution in [-0.4, -0.2) is 40.1 Å². The van der Waals surface area contributed by atoms with Gasteiger partial charge >= 0.3 is 14.2 Å². The molecule has 5 nitrogen and oxygen atoms in total. The predicted octanol–water partition coefficient (Wildman–Crippen LogP) is 1.54. The van der Waals surface area contributed by atoms with E-state index in [-0.39, 0.29) is 11.2 Å². The maximum Gasteiger partial charge on any atom is 0.488 e. The normalized spacial score (nSPS) is 19.7. The molecule has 2 aromatic rings. The molecule has 1 fully saturated rings. The molecule has 0 radical (unpaired) electrons. The van der Waals surface area contributed by atoms with Crippen molar-refractivity contribution in [2.45, 2.75) is 33.6 Å². The van der Waals surface area contributed by atoms with Crippen molar-refractivity contribution >= 4 is 43.1 Å². The van der Waals surface area contributed by atoms with Crippen LogP contribution in [0.25, 0.3) is 12.2 Å². The number of hydrogen-bond donors (Lipinski definition) is 4. The van der Waals surface area contributed by atoms with Crippen molar-refractivity contribution in [3.8, 4) is 0 Å². The van der Waals surface area contributed by atoms with Crippen LogP contribution in [0.3, 0.4) is 0 Å². The lowest BCUT2D eigenvalue weighted by atomic mass is 9.68. The first-order valence-electron chi connectivity index (χ1n) is 10.4. The molecule has 1 aliphatic rings. The second-order valence-electron chi connectivity index (χ2n) is 9.22. The molecule has 0 saturated heterocycles. The SMILES string of the molecule is CC(C)(C)C1CC(=Cc2ccc(B(O)O)cc2)C(=O)C(=Cc2ccc(B(O)O)cc2)C1. The van der Waals surface area contributed by atoms with Gasteiger partial charge in [-0.05, 0) is 58.4 Å². The van der Waals surface area contributed by atoms with Crippen LogP contribution in [0.5, 0.6) is 0 Å². The lowest BCUT2D eigenvalue weighted by molar-refractivity contribution is -0.113. The highest BCUT2D eigenvalue weighted by molar-refractivity contribution is 6.58. The Hall–Kier alpha value is -2.44. The smallest absolute Gasteiger partial charge is 0.423 e. The number of Topliss-reactive ketones (excluding diaryl/α,β-unsaturated/α-hetero) is 1. The number of rotatable bonds is 4. The van der Waals surface area contributed by atoms with Gasteiger partial charge in [0.05, 0.1) is 0 Å². The second kappa shape index (κ2) is 9.37. The van der Waals surface area contributed by atoms with Crippen LogP contribution in [0.4, 0.5) is 0 Å². The first-order valence-corrected chi connectivity index (χ1v) is 10.4. The molecule has 31 heavy (non-hydrogen) atoms. The Morgan fingerprint density at radius 1 is 0.742 bits per heavy atom. The van der Waals surface area contributed by atoms with Crippen LogP contribution >= 0.6 is 0 Å². The molecule has 1 saturated carbocycles. The maximum atomic E-state index is 13.3. The molecule has 4 N–H and O–H groups in total. The topological polar surface area (TPSA) is 98.0 Å². The third kappa shape index (κ3) is 5.83.